The van der Waals surface area contributed by atoms with Crippen LogP contribution >= 0.6 is 11.6 Å². The van der Waals surface area contributed by atoms with Crippen LogP contribution in [0.2, 0.25) is 5.02 Å². The predicted octanol–water partition coefficient (Wildman–Crippen LogP) is 3.00. The highest BCUT2D eigenvalue weighted by atomic mass is 35.5. The first kappa shape index (κ1) is 15.5. The van der Waals surface area contributed by atoms with Crippen molar-refractivity contribution in [3.05, 3.63) is 46.7 Å². The summed E-state index contributed by atoms with van der Waals surface area (Å²) in [6.07, 6.45) is 3.30. The lowest BCUT2D eigenvalue weighted by Crippen LogP contribution is -2.31. The molecule has 1 fully saturated rings. The van der Waals surface area contributed by atoms with Gasteiger partial charge in [-0.05, 0) is 56.1 Å². The fourth-order valence-electron chi connectivity index (χ4n) is 3.05. The minimum Gasteiger partial charge on any atom is -0.330 e. The fraction of sp³-hybridized carbons (Fsp3) is 0.471. The molecule has 1 saturated heterocycles. The number of aromatic nitrogens is 2. The van der Waals surface area contributed by atoms with Gasteiger partial charge in [0.2, 0.25) is 0 Å². The van der Waals surface area contributed by atoms with E-state index < -0.39 is 0 Å². The molecule has 0 amide bonds. The van der Waals surface area contributed by atoms with E-state index in [0.717, 1.165) is 42.6 Å². The summed E-state index contributed by atoms with van der Waals surface area (Å²) in [7, 11) is 0. The average Bonchev–Trinajstić information content (AvgIpc) is 3.05. The summed E-state index contributed by atoms with van der Waals surface area (Å²) in [5, 5.41) is 5.37. The molecule has 0 aliphatic carbocycles. The van der Waals surface area contributed by atoms with Gasteiger partial charge < -0.3 is 5.73 Å². The summed E-state index contributed by atoms with van der Waals surface area (Å²) in [5.41, 5.74) is 9.54. The second kappa shape index (κ2) is 6.03. The molecule has 4 nitrogen and oxygen atoms in total. The minimum atomic E-state index is 0.264. The molecule has 0 bridgehead atoms. The highest BCUT2D eigenvalue weighted by Gasteiger charge is 2.32. The standard InChI is InChI=1S/C17H23ClN4/c1-13-14(9-21-8-7-17(2,11-19)12-21)10-22(20-13)16-5-3-15(18)4-6-16/h3-6,10H,7-9,11-12,19H2,1-2H3. The Morgan fingerprint density at radius 1 is 1.32 bits per heavy atom. The van der Waals surface area contributed by atoms with Gasteiger partial charge in [0.25, 0.3) is 0 Å². The lowest BCUT2D eigenvalue weighted by molar-refractivity contribution is 0.274. The van der Waals surface area contributed by atoms with E-state index in [4.69, 9.17) is 17.3 Å². The Hall–Kier alpha value is -1.36. The summed E-state index contributed by atoms with van der Waals surface area (Å²) in [6.45, 7) is 8.22. The van der Waals surface area contributed by atoms with Gasteiger partial charge >= 0.3 is 0 Å². The molecule has 1 unspecified atom stereocenters. The molecule has 118 valence electrons. The fourth-order valence-corrected chi connectivity index (χ4v) is 3.17. The third kappa shape index (κ3) is 3.19. The predicted molar refractivity (Wildman–Crippen MR) is 90.4 cm³/mol. The van der Waals surface area contributed by atoms with Crippen LogP contribution in [-0.2, 0) is 6.54 Å². The van der Waals surface area contributed by atoms with Crippen LogP contribution in [0.4, 0.5) is 0 Å². The summed E-state index contributed by atoms with van der Waals surface area (Å²) < 4.78 is 1.93. The molecular formula is C17H23ClN4. The Kier molecular flexibility index (Phi) is 4.26. The molecule has 0 radical (unpaired) electrons. The number of aryl methyl sites for hydroxylation is 1. The normalized spacial score (nSPS) is 22.4. The number of likely N-dealkylation sites (tertiary alicyclic amines) is 1. The molecule has 1 aliphatic rings. The number of nitrogens with zero attached hydrogens (tertiary/aromatic N) is 3. The average molecular weight is 319 g/mol. The van der Waals surface area contributed by atoms with Crippen molar-refractivity contribution in [1.82, 2.24) is 14.7 Å². The van der Waals surface area contributed by atoms with Crippen molar-refractivity contribution in [3.8, 4) is 5.69 Å². The third-order valence-electron chi connectivity index (χ3n) is 4.62. The van der Waals surface area contributed by atoms with Crippen molar-refractivity contribution in [2.24, 2.45) is 11.1 Å². The summed E-state index contributed by atoms with van der Waals surface area (Å²) in [5.74, 6) is 0. The lowest BCUT2D eigenvalue weighted by atomic mass is 9.90. The molecule has 3 rings (SSSR count). The van der Waals surface area contributed by atoms with E-state index in [9.17, 15) is 0 Å². The van der Waals surface area contributed by atoms with Crippen LogP contribution in [0.5, 0.6) is 0 Å². The summed E-state index contributed by atoms with van der Waals surface area (Å²) in [4.78, 5) is 2.48. The number of hydrogen-bond acceptors (Lipinski definition) is 3. The Labute approximate surface area is 136 Å². The van der Waals surface area contributed by atoms with Gasteiger partial charge in [-0.25, -0.2) is 4.68 Å². The molecule has 5 heteroatoms. The van der Waals surface area contributed by atoms with Crippen LogP contribution in [0.3, 0.4) is 0 Å². The first-order chi connectivity index (χ1) is 10.5. The highest BCUT2D eigenvalue weighted by molar-refractivity contribution is 6.30. The molecule has 2 aromatic rings. The van der Waals surface area contributed by atoms with Crippen molar-refractivity contribution < 1.29 is 0 Å². The van der Waals surface area contributed by atoms with Gasteiger partial charge in [-0.1, -0.05) is 18.5 Å². The zero-order valence-corrected chi connectivity index (χ0v) is 14.0. The number of hydrogen-bond donors (Lipinski definition) is 1. The van der Waals surface area contributed by atoms with Crippen molar-refractivity contribution in [2.75, 3.05) is 19.6 Å². The molecular weight excluding hydrogens is 296 g/mol. The molecule has 0 spiro atoms. The quantitative estimate of drug-likeness (QED) is 0.942. The Balaban J connectivity index is 1.74. The van der Waals surface area contributed by atoms with E-state index in [1.807, 2.05) is 28.9 Å². The molecule has 1 aliphatic heterocycles. The number of halogens is 1. The lowest BCUT2D eigenvalue weighted by Gasteiger charge is -2.22. The first-order valence-electron chi connectivity index (χ1n) is 7.73. The molecule has 22 heavy (non-hydrogen) atoms. The van der Waals surface area contributed by atoms with Gasteiger partial charge in [-0.15, -0.1) is 0 Å². The van der Waals surface area contributed by atoms with E-state index in [0.29, 0.717) is 0 Å². The van der Waals surface area contributed by atoms with Crippen molar-refractivity contribution >= 4 is 11.6 Å². The monoisotopic (exact) mass is 318 g/mol. The van der Waals surface area contributed by atoms with E-state index in [1.165, 1.54) is 12.0 Å². The molecule has 1 aromatic carbocycles. The molecule has 0 saturated carbocycles. The molecule has 1 atom stereocenters. The van der Waals surface area contributed by atoms with E-state index in [2.05, 4.69) is 30.0 Å². The molecule has 2 N–H and O–H groups in total. The Morgan fingerprint density at radius 2 is 2.05 bits per heavy atom. The van der Waals surface area contributed by atoms with Gasteiger partial charge in [0, 0.05) is 29.9 Å². The smallest absolute Gasteiger partial charge is 0.0646 e. The zero-order chi connectivity index (χ0) is 15.7. The molecule has 2 heterocycles. The maximum Gasteiger partial charge on any atom is 0.0646 e. The zero-order valence-electron chi connectivity index (χ0n) is 13.2. The van der Waals surface area contributed by atoms with Crippen LogP contribution in [0, 0.1) is 12.3 Å². The summed E-state index contributed by atoms with van der Waals surface area (Å²) >= 11 is 5.94. The Morgan fingerprint density at radius 3 is 2.68 bits per heavy atom. The maximum atomic E-state index is 5.94. The van der Waals surface area contributed by atoms with Crippen LogP contribution in [-0.4, -0.2) is 34.3 Å². The minimum absolute atomic E-state index is 0.264. The van der Waals surface area contributed by atoms with Crippen LogP contribution in [0.15, 0.2) is 30.5 Å². The van der Waals surface area contributed by atoms with E-state index in [-0.39, 0.29) is 5.41 Å². The first-order valence-corrected chi connectivity index (χ1v) is 8.10. The Bertz CT molecular complexity index is 649. The van der Waals surface area contributed by atoms with Crippen molar-refractivity contribution in [3.63, 3.8) is 0 Å². The third-order valence-corrected chi connectivity index (χ3v) is 4.87. The van der Waals surface area contributed by atoms with Crippen LogP contribution in [0.25, 0.3) is 5.69 Å². The van der Waals surface area contributed by atoms with Gasteiger partial charge in [0.1, 0.15) is 0 Å². The van der Waals surface area contributed by atoms with Crippen LogP contribution < -0.4 is 5.73 Å². The van der Waals surface area contributed by atoms with Gasteiger partial charge in [-0.2, -0.15) is 5.10 Å². The number of benzene rings is 1. The number of rotatable bonds is 4. The largest absolute Gasteiger partial charge is 0.330 e. The topological polar surface area (TPSA) is 47.1 Å². The second-order valence-corrected chi connectivity index (χ2v) is 7.07. The highest BCUT2D eigenvalue weighted by Crippen LogP contribution is 2.30. The van der Waals surface area contributed by atoms with E-state index in [1.54, 1.807) is 0 Å². The summed E-state index contributed by atoms with van der Waals surface area (Å²) in [6, 6.07) is 7.75. The SMILES string of the molecule is Cc1nn(-c2ccc(Cl)cc2)cc1CN1CCC(C)(CN)C1. The van der Waals surface area contributed by atoms with E-state index >= 15 is 0 Å². The van der Waals surface area contributed by atoms with Gasteiger partial charge in [0.05, 0.1) is 11.4 Å². The van der Waals surface area contributed by atoms with Crippen molar-refractivity contribution in [2.45, 2.75) is 26.8 Å². The second-order valence-electron chi connectivity index (χ2n) is 6.64. The van der Waals surface area contributed by atoms with Crippen LogP contribution in [0.1, 0.15) is 24.6 Å². The maximum absolute atomic E-state index is 5.94. The molecule has 1 aromatic heterocycles. The van der Waals surface area contributed by atoms with Crippen molar-refractivity contribution in [1.29, 1.82) is 0 Å². The number of nitrogens with two attached hydrogens (primary N) is 1. The van der Waals surface area contributed by atoms with Gasteiger partial charge in [-0.3, -0.25) is 4.90 Å². The van der Waals surface area contributed by atoms with Gasteiger partial charge in [0.15, 0.2) is 0 Å².